The highest BCUT2D eigenvalue weighted by Gasteiger charge is 2.31. The maximum Gasteiger partial charge on any atom is 0.326 e. The van der Waals surface area contributed by atoms with Crippen LogP contribution in [0.3, 0.4) is 0 Å². The molecule has 0 aromatic heterocycles. The molecular weight excluding hydrogens is 480 g/mol. The van der Waals surface area contributed by atoms with Gasteiger partial charge in [-0.15, -0.1) is 0 Å². The Morgan fingerprint density at radius 3 is 1.83 bits per heavy atom. The van der Waals surface area contributed by atoms with Crippen LogP contribution in [0, 0.1) is 5.92 Å². The van der Waals surface area contributed by atoms with Crippen molar-refractivity contribution in [3.63, 3.8) is 0 Å². The minimum Gasteiger partial charge on any atom is -0.481 e. The quantitative estimate of drug-likeness (QED) is 0.0514. The zero-order valence-corrected chi connectivity index (χ0v) is 20.2. The number of carbonyl (C=O) groups excluding carboxylic acids is 4. The number of carbonyl (C=O) groups is 6. The number of aliphatic carboxylic acids is 2. The summed E-state index contributed by atoms with van der Waals surface area (Å²) in [6.45, 7) is 3.27. The SMILES string of the molecule is CC(C)C(NC(=O)C(CCCN=C(N)N)NC(=O)C(CCC(=O)O)NC(=O)C(N)CC(N)=O)C(=O)O. The number of hydrogen-bond donors (Lipinski definition) is 9. The Morgan fingerprint density at radius 2 is 1.36 bits per heavy atom. The number of nitrogens with one attached hydrogen (secondary N) is 3. The predicted octanol–water partition coefficient (Wildman–Crippen LogP) is -3.70. The van der Waals surface area contributed by atoms with Gasteiger partial charge in [-0.1, -0.05) is 13.8 Å². The van der Waals surface area contributed by atoms with Crippen molar-refractivity contribution in [3.05, 3.63) is 0 Å². The minimum atomic E-state index is -1.43. The first-order chi connectivity index (χ1) is 16.6. The Hall–Kier alpha value is -3.95. The number of carboxylic acids is 2. The van der Waals surface area contributed by atoms with Gasteiger partial charge in [-0.2, -0.15) is 0 Å². The van der Waals surface area contributed by atoms with Crippen molar-refractivity contribution in [2.45, 2.75) is 70.1 Å². The highest BCUT2D eigenvalue weighted by molar-refractivity contribution is 5.95. The molecule has 0 saturated carbocycles. The lowest BCUT2D eigenvalue weighted by Crippen LogP contribution is -2.57. The van der Waals surface area contributed by atoms with E-state index in [1.54, 1.807) is 13.8 Å². The van der Waals surface area contributed by atoms with Gasteiger partial charge in [0.1, 0.15) is 18.1 Å². The van der Waals surface area contributed by atoms with Gasteiger partial charge < -0.3 is 49.1 Å². The van der Waals surface area contributed by atoms with Gasteiger partial charge >= 0.3 is 11.9 Å². The van der Waals surface area contributed by atoms with Crippen molar-refractivity contribution >= 4 is 41.5 Å². The lowest BCUT2D eigenvalue weighted by atomic mass is 10.0. The van der Waals surface area contributed by atoms with Gasteiger partial charge in [-0.05, 0) is 25.2 Å². The van der Waals surface area contributed by atoms with Crippen LogP contribution < -0.4 is 38.9 Å². The standard InChI is InChI=1S/C20H36N8O8/c1-9(2)15(19(35)36)28-18(34)11(4-3-7-25-20(23)24)27-17(33)12(5-6-14(30)31)26-16(32)10(21)8-13(22)29/h9-12,15H,3-8,21H2,1-2H3,(H2,22,29)(H,26,32)(H,27,33)(H,28,34)(H,30,31)(H,35,36)(H4,23,24,25). The second-order valence-corrected chi connectivity index (χ2v) is 8.35. The second-order valence-electron chi connectivity index (χ2n) is 8.35. The number of nitrogens with two attached hydrogens (primary N) is 4. The number of carboxylic acid groups (broad SMARTS) is 2. The fourth-order valence-electron chi connectivity index (χ4n) is 2.94. The molecule has 0 fully saturated rings. The van der Waals surface area contributed by atoms with Crippen molar-refractivity contribution in [1.82, 2.24) is 16.0 Å². The molecule has 0 bridgehead atoms. The lowest BCUT2D eigenvalue weighted by Gasteiger charge is -2.26. The minimum absolute atomic E-state index is 0.0143. The molecule has 0 aliphatic carbocycles. The van der Waals surface area contributed by atoms with Crippen LogP contribution in [0.1, 0.15) is 46.0 Å². The highest BCUT2D eigenvalue weighted by atomic mass is 16.4. The summed E-state index contributed by atoms with van der Waals surface area (Å²) in [7, 11) is 0. The topological polar surface area (TPSA) is 295 Å². The van der Waals surface area contributed by atoms with Crippen LogP contribution >= 0.6 is 0 Å². The fourth-order valence-corrected chi connectivity index (χ4v) is 2.94. The largest absolute Gasteiger partial charge is 0.481 e. The Kier molecular flexibility index (Phi) is 14.1. The van der Waals surface area contributed by atoms with E-state index in [4.69, 9.17) is 28.0 Å². The molecule has 13 N–H and O–H groups in total. The molecule has 0 aromatic rings. The Labute approximate surface area is 207 Å². The van der Waals surface area contributed by atoms with E-state index < -0.39 is 78.5 Å². The first-order valence-corrected chi connectivity index (χ1v) is 11.1. The van der Waals surface area contributed by atoms with E-state index in [0.29, 0.717) is 0 Å². The average Bonchev–Trinajstić information content (AvgIpc) is 2.75. The number of primary amides is 1. The van der Waals surface area contributed by atoms with Crippen LogP contribution in [0.2, 0.25) is 0 Å². The van der Waals surface area contributed by atoms with E-state index in [1.165, 1.54) is 0 Å². The van der Waals surface area contributed by atoms with Gasteiger partial charge in [0.15, 0.2) is 5.96 Å². The maximum absolute atomic E-state index is 12.9. The third-order valence-corrected chi connectivity index (χ3v) is 4.85. The summed E-state index contributed by atoms with van der Waals surface area (Å²) in [5.74, 6) is -6.72. The number of rotatable bonds is 17. The molecule has 204 valence electrons. The molecule has 16 heteroatoms. The van der Waals surface area contributed by atoms with Gasteiger partial charge in [-0.3, -0.25) is 29.0 Å². The third kappa shape index (κ3) is 13.1. The Bertz CT molecular complexity index is 844. The highest BCUT2D eigenvalue weighted by Crippen LogP contribution is 2.07. The summed E-state index contributed by atoms with van der Waals surface area (Å²) < 4.78 is 0. The normalized spacial score (nSPS) is 14.0. The van der Waals surface area contributed by atoms with E-state index in [0.717, 1.165) is 0 Å². The van der Waals surface area contributed by atoms with Gasteiger partial charge in [0, 0.05) is 13.0 Å². The molecule has 0 aromatic carbocycles. The van der Waals surface area contributed by atoms with E-state index >= 15 is 0 Å². The molecule has 0 heterocycles. The smallest absolute Gasteiger partial charge is 0.326 e. The molecule has 4 amide bonds. The lowest BCUT2D eigenvalue weighted by molar-refractivity contribution is -0.143. The van der Waals surface area contributed by atoms with Crippen LogP contribution in [0.25, 0.3) is 0 Å². The Balaban J connectivity index is 5.70. The first kappa shape index (κ1) is 32.0. The molecule has 16 nitrogen and oxygen atoms in total. The van der Waals surface area contributed by atoms with Crippen LogP contribution in [0.15, 0.2) is 4.99 Å². The predicted molar refractivity (Wildman–Crippen MR) is 127 cm³/mol. The molecule has 0 radical (unpaired) electrons. The average molecular weight is 517 g/mol. The Morgan fingerprint density at radius 1 is 0.833 bits per heavy atom. The van der Waals surface area contributed by atoms with Crippen molar-refractivity contribution in [3.8, 4) is 0 Å². The zero-order chi connectivity index (χ0) is 28.0. The zero-order valence-electron chi connectivity index (χ0n) is 20.2. The van der Waals surface area contributed by atoms with E-state index in [1.807, 2.05) is 0 Å². The van der Waals surface area contributed by atoms with Crippen LogP contribution in [-0.2, 0) is 28.8 Å². The summed E-state index contributed by atoms with van der Waals surface area (Å²) in [6.07, 6.45) is -1.19. The van der Waals surface area contributed by atoms with Gasteiger partial charge in [0.2, 0.25) is 23.6 Å². The molecular formula is C20H36N8O8. The summed E-state index contributed by atoms with van der Waals surface area (Å²) in [5, 5.41) is 25.3. The van der Waals surface area contributed by atoms with E-state index in [2.05, 4.69) is 20.9 Å². The molecule has 36 heavy (non-hydrogen) atoms. The van der Waals surface area contributed by atoms with Crippen molar-refractivity contribution in [2.24, 2.45) is 33.8 Å². The van der Waals surface area contributed by atoms with Crippen LogP contribution in [0.4, 0.5) is 0 Å². The van der Waals surface area contributed by atoms with Gasteiger partial charge in [-0.25, -0.2) is 4.79 Å². The number of aliphatic imine (C=N–C) groups is 1. The first-order valence-electron chi connectivity index (χ1n) is 11.1. The third-order valence-electron chi connectivity index (χ3n) is 4.85. The second kappa shape index (κ2) is 15.9. The molecule has 4 atom stereocenters. The number of nitrogens with zero attached hydrogens (tertiary/aromatic N) is 1. The number of guanidine groups is 1. The van der Waals surface area contributed by atoms with Crippen LogP contribution in [-0.4, -0.2) is 82.5 Å². The van der Waals surface area contributed by atoms with Crippen LogP contribution in [0.5, 0.6) is 0 Å². The summed E-state index contributed by atoms with van der Waals surface area (Å²) in [5.41, 5.74) is 21.1. The van der Waals surface area contributed by atoms with Crippen molar-refractivity contribution in [1.29, 1.82) is 0 Å². The molecule has 0 rings (SSSR count). The van der Waals surface area contributed by atoms with Gasteiger partial charge in [0.05, 0.1) is 12.5 Å². The van der Waals surface area contributed by atoms with Crippen molar-refractivity contribution in [2.75, 3.05) is 6.54 Å². The molecule has 0 aliphatic heterocycles. The van der Waals surface area contributed by atoms with Crippen molar-refractivity contribution < 1.29 is 39.0 Å². The molecule has 0 spiro atoms. The summed E-state index contributed by atoms with van der Waals surface area (Å²) in [4.78, 5) is 75.3. The summed E-state index contributed by atoms with van der Waals surface area (Å²) in [6, 6.07) is -5.33. The fraction of sp³-hybridized carbons (Fsp3) is 0.650. The molecule has 0 aliphatic rings. The van der Waals surface area contributed by atoms with Gasteiger partial charge in [0.25, 0.3) is 0 Å². The monoisotopic (exact) mass is 516 g/mol. The summed E-state index contributed by atoms with van der Waals surface area (Å²) >= 11 is 0. The number of amides is 4. The molecule has 4 unspecified atom stereocenters. The number of hydrogen-bond acceptors (Lipinski definition) is 8. The molecule has 0 saturated heterocycles. The van der Waals surface area contributed by atoms with E-state index in [-0.39, 0.29) is 31.8 Å². The van der Waals surface area contributed by atoms with E-state index in [9.17, 15) is 33.9 Å². The maximum atomic E-state index is 12.9.